The molecule has 0 amide bonds. The van der Waals surface area contributed by atoms with Gasteiger partial charge < -0.3 is 5.11 Å². The van der Waals surface area contributed by atoms with Gasteiger partial charge in [0.15, 0.2) is 0 Å². The van der Waals surface area contributed by atoms with Crippen molar-refractivity contribution in [3.8, 4) is 0 Å². The van der Waals surface area contributed by atoms with Crippen LogP contribution in [-0.2, 0) is 4.79 Å². The van der Waals surface area contributed by atoms with E-state index in [1.54, 1.807) is 13.0 Å². The standard InChI is InChI=1S/C21H22O2/c1-14(12-21(22)23)8-7-9-15(2)20-13-16(3)18-10-5-6-11-19(18)17(20)4/h5-13H,1-4H3,(H,22,23). The largest absolute Gasteiger partial charge is 0.478 e. The predicted octanol–water partition coefficient (Wildman–Crippen LogP) is 5.45. The molecule has 23 heavy (non-hydrogen) atoms. The summed E-state index contributed by atoms with van der Waals surface area (Å²) in [5.41, 5.74) is 5.64. The van der Waals surface area contributed by atoms with E-state index in [2.05, 4.69) is 51.1 Å². The van der Waals surface area contributed by atoms with Crippen LogP contribution in [0.3, 0.4) is 0 Å². The van der Waals surface area contributed by atoms with Crippen molar-refractivity contribution >= 4 is 22.3 Å². The topological polar surface area (TPSA) is 37.3 Å². The Labute approximate surface area is 137 Å². The smallest absolute Gasteiger partial charge is 0.328 e. The predicted molar refractivity (Wildman–Crippen MR) is 97.6 cm³/mol. The molecule has 0 fully saturated rings. The zero-order valence-corrected chi connectivity index (χ0v) is 14.1. The van der Waals surface area contributed by atoms with Gasteiger partial charge in [0.1, 0.15) is 0 Å². The van der Waals surface area contributed by atoms with Crippen molar-refractivity contribution in [3.05, 3.63) is 76.9 Å². The minimum atomic E-state index is -0.922. The molecule has 0 saturated carbocycles. The number of hydrogen-bond acceptors (Lipinski definition) is 1. The van der Waals surface area contributed by atoms with Gasteiger partial charge in [0.25, 0.3) is 0 Å². The van der Waals surface area contributed by atoms with E-state index in [4.69, 9.17) is 5.11 Å². The number of carboxylic acids is 1. The molecule has 2 heteroatoms. The fourth-order valence-corrected chi connectivity index (χ4v) is 2.79. The highest BCUT2D eigenvalue weighted by Gasteiger charge is 2.07. The molecule has 0 heterocycles. The second kappa shape index (κ2) is 7.10. The fourth-order valence-electron chi connectivity index (χ4n) is 2.79. The SMILES string of the molecule is CC(C=CC=C(C)c1cc(C)c2ccccc2c1C)=CC(=O)O. The number of carbonyl (C=O) groups is 1. The molecule has 2 rings (SSSR count). The zero-order chi connectivity index (χ0) is 17.0. The minimum Gasteiger partial charge on any atom is -0.478 e. The Balaban J connectivity index is 2.40. The lowest BCUT2D eigenvalue weighted by atomic mass is 9.92. The normalized spacial score (nSPS) is 13.0. The summed E-state index contributed by atoms with van der Waals surface area (Å²) in [5.74, 6) is -0.922. The molecule has 0 spiro atoms. The maximum absolute atomic E-state index is 10.6. The summed E-state index contributed by atoms with van der Waals surface area (Å²) in [6, 6.07) is 10.7. The summed E-state index contributed by atoms with van der Waals surface area (Å²) >= 11 is 0. The van der Waals surface area contributed by atoms with Gasteiger partial charge in [-0.05, 0) is 66.3 Å². The maximum atomic E-state index is 10.6. The first-order chi connectivity index (χ1) is 10.9. The van der Waals surface area contributed by atoms with E-state index < -0.39 is 5.97 Å². The number of fused-ring (bicyclic) bond motifs is 1. The van der Waals surface area contributed by atoms with Gasteiger partial charge in [0, 0.05) is 6.08 Å². The molecule has 0 unspecified atom stereocenters. The number of allylic oxidation sites excluding steroid dienone is 5. The average molecular weight is 306 g/mol. The molecule has 1 N–H and O–H groups in total. The van der Waals surface area contributed by atoms with Gasteiger partial charge in [-0.2, -0.15) is 0 Å². The maximum Gasteiger partial charge on any atom is 0.328 e. The fraction of sp³-hybridized carbons (Fsp3) is 0.190. The Hall–Kier alpha value is -2.61. The van der Waals surface area contributed by atoms with Gasteiger partial charge in [-0.1, -0.05) is 48.6 Å². The van der Waals surface area contributed by atoms with E-state index in [-0.39, 0.29) is 0 Å². The van der Waals surface area contributed by atoms with Gasteiger partial charge in [0.2, 0.25) is 0 Å². The third-order valence-corrected chi connectivity index (χ3v) is 4.00. The van der Waals surface area contributed by atoms with Gasteiger partial charge in [-0.15, -0.1) is 0 Å². The van der Waals surface area contributed by atoms with Gasteiger partial charge >= 0.3 is 5.97 Å². The third kappa shape index (κ3) is 3.98. The third-order valence-electron chi connectivity index (χ3n) is 4.00. The van der Waals surface area contributed by atoms with E-state index in [9.17, 15) is 4.79 Å². The van der Waals surface area contributed by atoms with E-state index in [1.165, 1.54) is 33.5 Å². The van der Waals surface area contributed by atoms with Crippen LogP contribution in [0.1, 0.15) is 30.5 Å². The van der Waals surface area contributed by atoms with Crippen LogP contribution in [0.5, 0.6) is 0 Å². The number of rotatable bonds is 4. The van der Waals surface area contributed by atoms with E-state index in [0.29, 0.717) is 5.57 Å². The number of carboxylic acid groups (broad SMARTS) is 1. The Morgan fingerprint density at radius 3 is 2.39 bits per heavy atom. The van der Waals surface area contributed by atoms with Crippen LogP contribution < -0.4 is 0 Å². The van der Waals surface area contributed by atoms with Crippen molar-refractivity contribution in [2.75, 3.05) is 0 Å². The summed E-state index contributed by atoms with van der Waals surface area (Å²) in [7, 11) is 0. The van der Waals surface area contributed by atoms with Crippen molar-refractivity contribution in [2.24, 2.45) is 0 Å². The molecule has 0 radical (unpaired) electrons. The highest BCUT2D eigenvalue weighted by atomic mass is 16.4. The second-order valence-electron chi connectivity index (χ2n) is 5.85. The summed E-state index contributed by atoms with van der Waals surface area (Å²) < 4.78 is 0. The Kier molecular flexibility index (Phi) is 5.17. The number of benzene rings is 2. The lowest BCUT2D eigenvalue weighted by Crippen LogP contribution is -1.91. The van der Waals surface area contributed by atoms with Crippen LogP contribution in [0, 0.1) is 13.8 Å². The van der Waals surface area contributed by atoms with Crippen molar-refractivity contribution in [2.45, 2.75) is 27.7 Å². The zero-order valence-electron chi connectivity index (χ0n) is 14.1. The van der Waals surface area contributed by atoms with Crippen LogP contribution in [0.15, 0.2) is 60.2 Å². The molecule has 0 aliphatic heterocycles. The molecule has 2 nitrogen and oxygen atoms in total. The van der Waals surface area contributed by atoms with Crippen molar-refractivity contribution in [1.29, 1.82) is 0 Å². The molecule has 0 atom stereocenters. The summed E-state index contributed by atoms with van der Waals surface area (Å²) in [6.45, 7) is 8.14. The molecule has 0 aromatic heterocycles. The first kappa shape index (κ1) is 16.8. The Morgan fingerprint density at radius 1 is 1.09 bits per heavy atom. The summed E-state index contributed by atoms with van der Waals surface area (Å²) in [4.78, 5) is 10.6. The van der Waals surface area contributed by atoms with E-state index in [1.807, 2.05) is 12.2 Å². The highest BCUT2D eigenvalue weighted by molar-refractivity contribution is 5.92. The van der Waals surface area contributed by atoms with E-state index >= 15 is 0 Å². The number of hydrogen-bond donors (Lipinski definition) is 1. The van der Waals surface area contributed by atoms with Crippen LogP contribution >= 0.6 is 0 Å². The molecule has 0 aliphatic rings. The van der Waals surface area contributed by atoms with Crippen LogP contribution in [0.4, 0.5) is 0 Å². The number of aliphatic carboxylic acids is 1. The lowest BCUT2D eigenvalue weighted by molar-refractivity contribution is -0.131. The average Bonchev–Trinajstić information content (AvgIpc) is 2.50. The van der Waals surface area contributed by atoms with Crippen molar-refractivity contribution in [1.82, 2.24) is 0 Å². The summed E-state index contributed by atoms with van der Waals surface area (Å²) in [5, 5.41) is 11.3. The lowest BCUT2D eigenvalue weighted by Gasteiger charge is -2.12. The van der Waals surface area contributed by atoms with E-state index in [0.717, 1.165) is 5.57 Å². The van der Waals surface area contributed by atoms with Crippen LogP contribution in [0.25, 0.3) is 16.3 Å². The molecule has 118 valence electrons. The molecule has 0 saturated heterocycles. The molecule has 2 aromatic rings. The van der Waals surface area contributed by atoms with Gasteiger partial charge in [-0.3, -0.25) is 0 Å². The molecular weight excluding hydrogens is 284 g/mol. The van der Waals surface area contributed by atoms with Crippen molar-refractivity contribution < 1.29 is 9.90 Å². The van der Waals surface area contributed by atoms with Crippen LogP contribution in [-0.4, -0.2) is 11.1 Å². The second-order valence-corrected chi connectivity index (χ2v) is 5.85. The Morgan fingerprint density at radius 2 is 1.74 bits per heavy atom. The first-order valence-electron chi connectivity index (χ1n) is 7.65. The van der Waals surface area contributed by atoms with Crippen LogP contribution in [0.2, 0.25) is 0 Å². The summed E-state index contributed by atoms with van der Waals surface area (Å²) in [6.07, 6.45) is 6.93. The van der Waals surface area contributed by atoms with Gasteiger partial charge in [-0.25, -0.2) is 4.79 Å². The molecule has 0 bridgehead atoms. The minimum absolute atomic E-state index is 0.716. The molecule has 2 aromatic carbocycles. The van der Waals surface area contributed by atoms with Crippen molar-refractivity contribution in [3.63, 3.8) is 0 Å². The Bertz CT molecular complexity index is 836. The quantitative estimate of drug-likeness (QED) is 0.602. The monoisotopic (exact) mass is 306 g/mol. The first-order valence-corrected chi connectivity index (χ1v) is 7.65. The van der Waals surface area contributed by atoms with Gasteiger partial charge in [0.05, 0.1) is 0 Å². The highest BCUT2D eigenvalue weighted by Crippen LogP contribution is 2.29. The molecule has 0 aliphatic carbocycles. The number of aryl methyl sites for hydroxylation is 2. The molecular formula is C21H22O2.